The summed E-state index contributed by atoms with van der Waals surface area (Å²) in [6, 6.07) is 4.25. The molecule has 1 saturated heterocycles. The molecule has 2 aromatic heterocycles. The highest BCUT2D eigenvalue weighted by atomic mass is 32.1. The smallest absolute Gasteiger partial charge is 0.229 e. The molecule has 1 amide bonds. The number of hydrogen-bond donors (Lipinski definition) is 2. The summed E-state index contributed by atoms with van der Waals surface area (Å²) in [6.07, 6.45) is 1.05. The van der Waals surface area contributed by atoms with Crippen LogP contribution < -0.4 is 10.6 Å². The molecule has 0 spiro atoms. The molecule has 0 aliphatic carbocycles. The van der Waals surface area contributed by atoms with Gasteiger partial charge in [-0.2, -0.15) is 0 Å². The van der Waals surface area contributed by atoms with Crippen molar-refractivity contribution in [2.24, 2.45) is 11.8 Å². The van der Waals surface area contributed by atoms with Crippen molar-refractivity contribution in [3.8, 4) is 10.6 Å². The normalized spacial score (nSPS) is 16.5. The topological polar surface area (TPSA) is 54.0 Å². The molecule has 6 heteroatoms. The predicted octanol–water partition coefficient (Wildman–Crippen LogP) is 3.23. The van der Waals surface area contributed by atoms with Gasteiger partial charge in [-0.05, 0) is 37.6 Å². The van der Waals surface area contributed by atoms with Gasteiger partial charge in [-0.25, -0.2) is 4.98 Å². The van der Waals surface area contributed by atoms with E-state index in [1.54, 1.807) is 11.3 Å². The van der Waals surface area contributed by atoms with Gasteiger partial charge in [0.25, 0.3) is 0 Å². The Morgan fingerprint density at radius 2 is 2.33 bits per heavy atom. The van der Waals surface area contributed by atoms with Crippen LogP contribution in [0.4, 0.5) is 5.13 Å². The molecule has 1 aliphatic heterocycles. The maximum absolute atomic E-state index is 12.2. The van der Waals surface area contributed by atoms with Gasteiger partial charge in [0.2, 0.25) is 5.91 Å². The average molecular weight is 321 g/mol. The maximum atomic E-state index is 12.2. The van der Waals surface area contributed by atoms with Gasteiger partial charge in [0, 0.05) is 16.2 Å². The maximum Gasteiger partial charge on any atom is 0.229 e. The summed E-state index contributed by atoms with van der Waals surface area (Å²) in [5.41, 5.74) is 0.956. The lowest BCUT2D eigenvalue weighted by Crippen LogP contribution is -2.48. The Kier molecular flexibility index (Phi) is 4.37. The van der Waals surface area contributed by atoms with Crippen molar-refractivity contribution >= 4 is 33.7 Å². The van der Waals surface area contributed by atoms with Gasteiger partial charge in [0.15, 0.2) is 5.13 Å². The number of aryl methyl sites for hydroxylation is 1. The number of carbonyl (C=O) groups is 1. The molecule has 3 rings (SSSR count). The summed E-state index contributed by atoms with van der Waals surface area (Å²) in [7, 11) is 0. The molecule has 1 aliphatic rings. The van der Waals surface area contributed by atoms with Gasteiger partial charge in [0.1, 0.15) is 0 Å². The minimum Gasteiger partial charge on any atom is -0.316 e. The number of thiazole rings is 1. The molecule has 4 nitrogen and oxygen atoms in total. The Balaban J connectivity index is 1.65. The highest BCUT2D eigenvalue weighted by Crippen LogP contribution is 2.31. The third kappa shape index (κ3) is 3.17. The van der Waals surface area contributed by atoms with Crippen LogP contribution in [0.15, 0.2) is 17.5 Å². The van der Waals surface area contributed by atoms with E-state index in [9.17, 15) is 4.79 Å². The van der Waals surface area contributed by atoms with E-state index < -0.39 is 0 Å². The van der Waals surface area contributed by atoms with E-state index in [0.717, 1.165) is 25.2 Å². The van der Waals surface area contributed by atoms with Crippen molar-refractivity contribution in [1.82, 2.24) is 10.3 Å². The van der Waals surface area contributed by atoms with Crippen LogP contribution in [0.1, 0.15) is 18.7 Å². The van der Waals surface area contributed by atoms with Crippen molar-refractivity contribution in [3.63, 3.8) is 0 Å². The first kappa shape index (κ1) is 14.7. The number of rotatable bonds is 5. The number of carbonyl (C=O) groups excluding carboxylic acids is 1. The molecule has 0 radical (unpaired) electrons. The summed E-state index contributed by atoms with van der Waals surface area (Å²) >= 11 is 3.26. The van der Waals surface area contributed by atoms with Crippen LogP contribution in [0.3, 0.4) is 0 Å². The Bertz CT molecular complexity index is 630. The quantitative estimate of drug-likeness (QED) is 0.889. The molecule has 2 aromatic rings. The molecule has 3 heterocycles. The highest BCUT2D eigenvalue weighted by Gasteiger charge is 2.29. The van der Waals surface area contributed by atoms with Crippen molar-refractivity contribution in [1.29, 1.82) is 0 Å². The number of hydrogen-bond acceptors (Lipinski definition) is 5. The molecular formula is C15H19N3OS2. The van der Waals surface area contributed by atoms with Crippen molar-refractivity contribution in [2.75, 3.05) is 18.4 Å². The number of anilines is 1. The Labute approximate surface area is 132 Å². The van der Waals surface area contributed by atoms with Crippen LogP contribution in [0, 0.1) is 11.8 Å². The summed E-state index contributed by atoms with van der Waals surface area (Å²) in [4.78, 5) is 19.2. The molecule has 0 saturated carbocycles. The summed E-state index contributed by atoms with van der Waals surface area (Å²) in [5.74, 6) is 0.559. The number of amides is 1. The van der Waals surface area contributed by atoms with Crippen LogP contribution >= 0.6 is 22.7 Å². The standard InChI is InChI=1S/C15H19N3OS2/c1-3-11-4-5-13(21-11)12-8-20-15(17-12)18-14(19)9(2)10-6-16-7-10/h4-5,8-10,16H,3,6-7H2,1-2H3,(H,17,18,19). The summed E-state index contributed by atoms with van der Waals surface area (Å²) < 4.78 is 0. The van der Waals surface area contributed by atoms with E-state index in [2.05, 4.69) is 34.7 Å². The second-order valence-corrected chi connectivity index (χ2v) is 7.38. The lowest BCUT2D eigenvalue weighted by molar-refractivity contribution is -0.121. The second kappa shape index (κ2) is 6.25. The van der Waals surface area contributed by atoms with Gasteiger partial charge in [-0.3, -0.25) is 4.79 Å². The molecule has 112 valence electrons. The van der Waals surface area contributed by atoms with E-state index >= 15 is 0 Å². The highest BCUT2D eigenvalue weighted by molar-refractivity contribution is 7.17. The average Bonchev–Trinajstić information content (AvgIpc) is 3.04. The van der Waals surface area contributed by atoms with Crippen LogP contribution in [0.5, 0.6) is 0 Å². The third-order valence-electron chi connectivity index (χ3n) is 3.93. The minimum absolute atomic E-state index is 0.0343. The largest absolute Gasteiger partial charge is 0.316 e. The second-order valence-electron chi connectivity index (χ2n) is 5.35. The first-order valence-electron chi connectivity index (χ1n) is 7.23. The summed E-state index contributed by atoms with van der Waals surface area (Å²) in [5, 5.41) is 8.86. The Morgan fingerprint density at radius 1 is 1.52 bits per heavy atom. The molecule has 1 fully saturated rings. The SMILES string of the molecule is CCc1ccc(-c2csc(NC(=O)C(C)C3CNC3)n2)s1. The van der Waals surface area contributed by atoms with E-state index in [1.165, 1.54) is 21.1 Å². The van der Waals surface area contributed by atoms with Gasteiger partial charge >= 0.3 is 0 Å². The molecule has 21 heavy (non-hydrogen) atoms. The van der Waals surface area contributed by atoms with E-state index in [-0.39, 0.29) is 11.8 Å². The predicted molar refractivity (Wildman–Crippen MR) is 89.0 cm³/mol. The van der Waals surface area contributed by atoms with Gasteiger partial charge in [-0.15, -0.1) is 22.7 Å². The zero-order valence-electron chi connectivity index (χ0n) is 12.2. The van der Waals surface area contributed by atoms with Crippen molar-refractivity contribution in [2.45, 2.75) is 20.3 Å². The first-order chi connectivity index (χ1) is 10.2. The van der Waals surface area contributed by atoms with E-state index in [0.29, 0.717) is 11.0 Å². The zero-order valence-corrected chi connectivity index (χ0v) is 13.8. The fraction of sp³-hybridized carbons (Fsp3) is 0.467. The molecule has 0 aromatic carbocycles. The van der Waals surface area contributed by atoms with Crippen LogP contribution in [-0.4, -0.2) is 24.0 Å². The number of nitrogens with one attached hydrogen (secondary N) is 2. The number of nitrogens with zero attached hydrogens (tertiary/aromatic N) is 1. The fourth-order valence-electron chi connectivity index (χ4n) is 2.25. The number of thiophene rings is 1. The third-order valence-corrected chi connectivity index (χ3v) is 5.94. The molecule has 1 atom stereocenters. The number of aromatic nitrogens is 1. The van der Waals surface area contributed by atoms with Gasteiger partial charge in [-0.1, -0.05) is 13.8 Å². The molecule has 1 unspecified atom stereocenters. The fourth-order valence-corrected chi connectivity index (χ4v) is 3.94. The molecule has 0 bridgehead atoms. The minimum atomic E-state index is 0.0343. The zero-order chi connectivity index (χ0) is 14.8. The van der Waals surface area contributed by atoms with Crippen molar-refractivity contribution in [3.05, 3.63) is 22.4 Å². The molecular weight excluding hydrogens is 302 g/mol. The lowest BCUT2D eigenvalue weighted by atomic mass is 9.88. The lowest BCUT2D eigenvalue weighted by Gasteiger charge is -2.31. The van der Waals surface area contributed by atoms with Crippen molar-refractivity contribution < 1.29 is 4.79 Å². The first-order valence-corrected chi connectivity index (χ1v) is 8.93. The van der Waals surface area contributed by atoms with Gasteiger partial charge in [0.05, 0.1) is 10.6 Å². The van der Waals surface area contributed by atoms with Gasteiger partial charge < -0.3 is 10.6 Å². The van der Waals surface area contributed by atoms with Crippen LogP contribution in [-0.2, 0) is 11.2 Å². The monoisotopic (exact) mass is 321 g/mol. The summed E-state index contributed by atoms with van der Waals surface area (Å²) in [6.45, 7) is 6.01. The van der Waals surface area contributed by atoms with Crippen LogP contribution in [0.25, 0.3) is 10.6 Å². The molecule has 2 N–H and O–H groups in total. The van der Waals surface area contributed by atoms with E-state index in [1.807, 2.05) is 12.3 Å². The van der Waals surface area contributed by atoms with E-state index in [4.69, 9.17) is 0 Å². The Hall–Kier alpha value is -1.24. The Morgan fingerprint density at radius 3 is 2.95 bits per heavy atom. The van der Waals surface area contributed by atoms with Crippen LogP contribution in [0.2, 0.25) is 0 Å².